The standard InChI is InChI=1S/C11H16ClN3O/c1-3-14-11(16)7(2)15-10-8(12)5-4-6-9(10)13/h4-7,15H,3,13H2,1-2H3,(H,14,16). The highest BCUT2D eigenvalue weighted by Crippen LogP contribution is 2.28. The lowest BCUT2D eigenvalue weighted by Gasteiger charge is -2.17. The average molecular weight is 242 g/mol. The summed E-state index contributed by atoms with van der Waals surface area (Å²) in [7, 11) is 0. The van der Waals surface area contributed by atoms with E-state index in [9.17, 15) is 4.79 Å². The van der Waals surface area contributed by atoms with Gasteiger partial charge in [-0.15, -0.1) is 0 Å². The molecule has 0 aliphatic rings. The Labute approximate surface area is 100 Å². The summed E-state index contributed by atoms with van der Waals surface area (Å²) in [6, 6.07) is 4.85. The summed E-state index contributed by atoms with van der Waals surface area (Å²) in [6.45, 7) is 4.23. The number of anilines is 2. The van der Waals surface area contributed by atoms with Crippen molar-refractivity contribution in [1.82, 2.24) is 5.32 Å². The molecular formula is C11H16ClN3O. The van der Waals surface area contributed by atoms with E-state index in [1.54, 1.807) is 25.1 Å². The number of likely N-dealkylation sites (N-methyl/N-ethyl adjacent to an activating group) is 1. The first-order valence-electron chi connectivity index (χ1n) is 5.14. The van der Waals surface area contributed by atoms with Crippen molar-refractivity contribution in [2.24, 2.45) is 0 Å². The van der Waals surface area contributed by atoms with Crippen LogP contribution in [0.3, 0.4) is 0 Å². The molecule has 0 aromatic heterocycles. The van der Waals surface area contributed by atoms with Gasteiger partial charge in [-0.3, -0.25) is 4.79 Å². The Morgan fingerprint density at radius 2 is 2.25 bits per heavy atom. The summed E-state index contributed by atoms with van der Waals surface area (Å²) in [5.74, 6) is -0.0816. The molecule has 0 aliphatic carbocycles. The minimum Gasteiger partial charge on any atom is -0.397 e. The zero-order chi connectivity index (χ0) is 12.1. The maximum Gasteiger partial charge on any atom is 0.242 e. The van der Waals surface area contributed by atoms with Crippen molar-refractivity contribution in [3.05, 3.63) is 23.2 Å². The van der Waals surface area contributed by atoms with Crippen molar-refractivity contribution in [1.29, 1.82) is 0 Å². The first-order valence-corrected chi connectivity index (χ1v) is 5.52. The summed E-state index contributed by atoms with van der Waals surface area (Å²) in [6.07, 6.45) is 0. The SMILES string of the molecule is CCNC(=O)C(C)Nc1c(N)cccc1Cl. The maximum atomic E-state index is 11.5. The minimum absolute atomic E-state index is 0.0816. The lowest BCUT2D eigenvalue weighted by atomic mass is 10.2. The van der Waals surface area contributed by atoms with Crippen LogP contribution in [-0.4, -0.2) is 18.5 Å². The molecule has 5 heteroatoms. The second kappa shape index (κ2) is 5.61. The van der Waals surface area contributed by atoms with E-state index >= 15 is 0 Å². The lowest BCUT2D eigenvalue weighted by molar-refractivity contribution is -0.121. The zero-order valence-corrected chi connectivity index (χ0v) is 10.1. The second-order valence-electron chi connectivity index (χ2n) is 3.46. The smallest absolute Gasteiger partial charge is 0.242 e. The molecular weight excluding hydrogens is 226 g/mol. The van der Waals surface area contributed by atoms with Crippen LogP contribution < -0.4 is 16.4 Å². The predicted molar refractivity (Wildman–Crippen MR) is 67.6 cm³/mol. The molecule has 16 heavy (non-hydrogen) atoms. The Morgan fingerprint density at radius 3 is 2.81 bits per heavy atom. The number of amides is 1. The fourth-order valence-electron chi connectivity index (χ4n) is 1.30. The number of carbonyl (C=O) groups excluding carboxylic acids is 1. The number of nitrogens with one attached hydrogen (secondary N) is 2. The van der Waals surface area contributed by atoms with Gasteiger partial charge in [0.05, 0.1) is 16.4 Å². The van der Waals surface area contributed by atoms with Crippen LogP contribution in [0.4, 0.5) is 11.4 Å². The molecule has 0 fully saturated rings. The summed E-state index contributed by atoms with van der Waals surface area (Å²) in [4.78, 5) is 11.5. The van der Waals surface area contributed by atoms with Crippen LogP contribution in [0.15, 0.2) is 18.2 Å². The third-order valence-corrected chi connectivity index (χ3v) is 2.47. The fraction of sp³-hybridized carbons (Fsp3) is 0.364. The number of hydrogen-bond donors (Lipinski definition) is 3. The van der Waals surface area contributed by atoms with Crippen molar-refractivity contribution in [3.8, 4) is 0 Å². The molecule has 1 aromatic carbocycles. The number of hydrogen-bond acceptors (Lipinski definition) is 3. The number of carbonyl (C=O) groups is 1. The van der Waals surface area contributed by atoms with E-state index in [4.69, 9.17) is 17.3 Å². The maximum absolute atomic E-state index is 11.5. The Kier molecular flexibility index (Phi) is 4.43. The topological polar surface area (TPSA) is 67.2 Å². The minimum atomic E-state index is -0.373. The van der Waals surface area contributed by atoms with Crippen LogP contribution in [0.25, 0.3) is 0 Å². The van der Waals surface area contributed by atoms with Crippen molar-refractivity contribution < 1.29 is 4.79 Å². The Morgan fingerprint density at radius 1 is 1.56 bits per heavy atom. The van der Waals surface area contributed by atoms with Gasteiger partial charge in [-0.05, 0) is 26.0 Å². The highest BCUT2D eigenvalue weighted by molar-refractivity contribution is 6.34. The molecule has 0 saturated heterocycles. The first kappa shape index (κ1) is 12.6. The molecule has 1 unspecified atom stereocenters. The molecule has 0 aliphatic heterocycles. The summed E-state index contributed by atoms with van der Waals surface area (Å²) in [5.41, 5.74) is 6.90. The van der Waals surface area contributed by atoms with Gasteiger partial charge in [0.1, 0.15) is 6.04 Å². The molecule has 0 heterocycles. The third kappa shape index (κ3) is 3.03. The molecule has 88 valence electrons. The van der Waals surface area contributed by atoms with E-state index in [1.807, 2.05) is 6.92 Å². The van der Waals surface area contributed by atoms with Crippen molar-refractivity contribution >= 4 is 28.9 Å². The molecule has 0 saturated carbocycles. The lowest BCUT2D eigenvalue weighted by Crippen LogP contribution is -2.37. The largest absolute Gasteiger partial charge is 0.397 e. The summed E-state index contributed by atoms with van der Waals surface area (Å²) in [5, 5.41) is 6.22. The predicted octanol–water partition coefficient (Wildman–Crippen LogP) is 1.86. The van der Waals surface area contributed by atoms with Crippen LogP contribution in [0.1, 0.15) is 13.8 Å². The Hall–Kier alpha value is -1.42. The van der Waals surface area contributed by atoms with E-state index < -0.39 is 0 Å². The number of nitrogens with two attached hydrogens (primary N) is 1. The van der Waals surface area contributed by atoms with Crippen molar-refractivity contribution in [2.75, 3.05) is 17.6 Å². The molecule has 1 rings (SSSR count). The quantitative estimate of drug-likeness (QED) is 0.705. The Bertz CT molecular complexity index is 361. The van der Waals surface area contributed by atoms with E-state index in [1.165, 1.54) is 0 Å². The number of rotatable bonds is 4. The van der Waals surface area contributed by atoms with Crippen LogP contribution in [0, 0.1) is 0 Å². The number of para-hydroxylation sites is 1. The molecule has 4 N–H and O–H groups in total. The van der Waals surface area contributed by atoms with Gasteiger partial charge in [0.25, 0.3) is 0 Å². The van der Waals surface area contributed by atoms with E-state index in [2.05, 4.69) is 10.6 Å². The molecule has 1 amide bonds. The molecule has 1 aromatic rings. The first-order chi connectivity index (χ1) is 7.56. The number of nitrogen functional groups attached to an aromatic ring is 1. The Balaban J connectivity index is 2.76. The third-order valence-electron chi connectivity index (χ3n) is 2.15. The van der Waals surface area contributed by atoms with Gasteiger partial charge in [0, 0.05) is 6.54 Å². The van der Waals surface area contributed by atoms with Crippen LogP contribution in [0.2, 0.25) is 5.02 Å². The monoisotopic (exact) mass is 241 g/mol. The van der Waals surface area contributed by atoms with Gasteiger partial charge in [-0.1, -0.05) is 17.7 Å². The highest BCUT2D eigenvalue weighted by atomic mass is 35.5. The fourth-order valence-corrected chi connectivity index (χ4v) is 1.54. The van der Waals surface area contributed by atoms with Gasteiger partial charge < -0.3 is 16.4 Å². The van der Waals surface area contributed by atoms with Gasteiger partial charge in [-0.2, -0.15) is 0 Å². The van der Waals surface area contributed by atoms with Crippen LogP contribution in [0.5, 0.6) is 0 Å². The van der Waals surface area contributed by atoms with Gasteiger partial charge in [0.15, 0.2) is 0 Å². The van der Waals surface area contributed by atoms with Crippen molar-refractivity contribution in [2.45, 2.75) is 19.9 Å². The van der Waals surface area contributed by atoms with Gasteiger partial charge in [0.2, 0.25) is 5.91 Å². The molecule has 0 bridgehead atoms. The number of halogens is 1. The highest BCUT2D eigenvalue weighted by Gasteiger charge is 2.14. The average Bonchev–Trinajstić information content (AvgIpc) is 2.23. The van der Waals surface area contributed by atoms with E-state index in [-0.39, 0.29) is 11.9 Å². The number of benzene rings is 1. The normalized spacial score (nSPS) is 11.9. The van der Waals surface area contributed by atoms with E-state index in [0.717, 1.165) is 0 Å². The van der Waals surface area contributed by atoms with Gasteiger partial charge in [-0.25, -0.2) is 0 Å². The van der Waals surface area contributed by atoms with E-state index in [0.29, 0.717) is 22.9 Å². The van der Waals surface area contributed by atoms with Crippen LogP contribution in [-0.2, 0) is 4.79 Å². The summed E-state index contributed by atoms with van der Waals surface area (Å²) < 4.78 is 0. The molecule has 4 nitrogen and oxygen atoms in total. The second-order valence-corrected chi connectivity index (χ2v) is 3.87. The molecule has 0 radical (unpaired) electrons. The zero-order valence-electron chi connectivity index (χ0n) is 9.38. The van der Waals surface area contributed by atoms with Crippen LogP contribution >= 0.6 is 11.6 Å². The molecule has 0 spiro atoms. The van der Waals surface area contributed by atoms with Gasteiger partial charge >= 0.3 is 0 Å². The van der Waals surface area contributed by atoms with Crippen molar-refractivity contribution in [3.63, 3.8) is 0 Å². The summed E-state index contributed by atoms with van der Waals surface area (Å²) >= 11 is 5.98. The molecule has 1 atom stereocenters.